The topological polar surface area (TPSA) is 116 Å². The molecule has 1 N–H and O–H groups in total. The molecule has 0 aromatic carbocycles. The third kappa shape index (κ3) is 3.48. The third-order valence-electron chi connectivity index (χ3n) is 8.13. The molecule has 4 rings (SSSR count). The zero-order valence-corrected chi connectivity index (χ0v) is 20.9. The van der Waals surface area contributed by atoms with Gasteiger partial charge in [0.15, 0.2) is 5.78 Å². The molecule has 8 heteroatoms. The van der Waals surface area contributed by atoms with Crippen LogP contribution in [0.5, 0.6) is 0 Å². The number of aliphatic hydroxyl groups is 1. The molecule has 1 aliphatic heterocycles. The van der Waals surface area contributed by atoms with Gasteiger partial charge in [0.2, 0.25) is 6.29 Å². The Morgan fingerprint density at radius 3 is 2.18 bits per heavy atom. The second-order valence-electron chi connectivity index (χ2n) is 12.5. The Balaban J connectivity index is 1.85. The van der Waals surface area contributed by atoms with E-state index in [4.69, 9.17) is 14.2 Å². The second kappa shape index (κ2) is 7.72. The number of Topliss-reactive ketones (excluding diaryl/α,β-unsaturated/α-hetero) is 2. The first kappa shape index (κ1) is 25.0. The number of aliphatic hydroxyl groups excluding tert-OH is 1. The molecule has 0 radical (unpaired) electrons. The zero-order chi connectivity index (χ0) is 25.4. The maximum atomic E-state index is 13.7. The summed E-state index contributed by atoms with van der Waals surface area (Å²) in [5.41, 5.74) is -3.98. The van der Waals surface area contributed by atoms with Crippen LogP contribution in [0.15, 0.2) is 12.7 Å². The maximum Gasteiger partial charge on any atom is 0.313 e. The minimum atomic E-state index is -1.44. The molecule has 0 unspecified atom stereocenters. The Hall–Kier alpha value is -2.06. The molecular weight excluding hydrogens is 440 g/mol. The van der Waals surface area contributed by atoms with Gasteiger partial charge >= 0.3 is 11.9 Å². The van der Waals surface area contributed by atoms with Gasteiger partial charge in [0.25, 0.3) is 0 Å². The summed E-state index contributed by atoms with van der Waals surface area (Å²) < 4.78 is 18.0. The van der Waals surface area contributed by atoms with Crippen LogP contribution in [0, 0.1) is 33.5 Å². The number of esters is 2. The summed E-state index contributed by atoms with van der Waals surface area (Å²) in [6.07, 6.45) is -1.87. The van der Waals surface area contributed by atoms with Crippen LogP contribution in [0.2, 0.25) is 0 Å². The van der Waals surface area contributed by atoms with E-state index >= 15 is 0 Å². The highest BCUT2D eigenvalue weighted by Crippen LogP contribution is 2.69. The Bertz CT molecular complexity index is 939. The second-order valence-corrected chi connectivity index (χ2v) is 12.5. The summed E-state index contributed by atoms with van der Waals surface area (Å²) >= 11 is 0. The Morgan fingerprint density at radius 2 is 1.62 bits per heavy atom. The SMILES string of the molecule is C=C[C@]12CC(=O)C[C@@H](O)[C@H]1[C@@H]1[C@@H]3CC(=O)[C@@]1([C@H](OC(=O)C(C)(C)C)O3)[C@@H](OC(=O)C(C)(C)C)C2. The highest BCUT2D eigenvalue weighted by molar-refractivity contribution is 5.92. The number of carbonyl (C=O) groups excluding carboxylic acids is 4. The summed E-state index contributed by atoms with van der Waals surface area (Å²) in [7, 11) is 0. The molecule has 8 atom stereocenters. The Labute approximate surface area is 200 Å². The van der Waals surface area contributed by atoms with Crippen LogP contribution in [0.4, 0.5) is 0 Å². The molecule has 0 spiro atoms. The van der Waals surface area contributed by atoms with Crippen LogP contribution in [-0.4, -0.2) is 53.2 Å². The van der Waals surface area contributed by atoms with Crippen molar-refractivity contribution >= 4 is 23.5 Å². The van der Waals surface area contributed by atoms with E-state index in [1.807, 2.05) is 0 Å². The fourth-order valence-corrected chi connectivity index (χ4v) is 6.50. The first-order chi connectivity index (χ1) is 15.6. The van der Waals surface area contributed by atoms with Crippen LogP contribution < -0.4 is 0 Å². The van der Waals surface area contributed by atoms with Crippen molar-refractivity contribution in [3.8, 4) is 0 Å². The lowest BCUT2D eigenvalue weighted by molar-refractivity contribution is -0.235. The fourth-order valence-electron chi connectivity index (χ4n) is 6.50. The van der Waals surface area contributed by atoms with Gasteiger partial charge in [0.1, 0.15) is 17.3 Å². The van der Waals surface area contributed by atoms with Gasteiger partial charge in [-0.1, -0.05) is 6.08 Å². The van der Waals surface area contributed by atoms with E-state index in [2.05, 4.69) is 6.58 Å². The summed E-state index contributed by atoms with van der Waals surface area (Å²) in [6.45, 7) is 14.2. The van der Waals surface area contributed by atoms with Crippen molar-refractivity contribution in [3.05, 3.63) is 12.7 Å². The first-order valence-electron chi connectivity index (χ1n) is 12.0. The van der Waals surface area contributed by atoms with E-state index in [0.29, 0.717) is 0 Å². The molecule has 3 saturated carbocycles. The van der Waals surface area contributed by atoms with Gasteiger partial charge in [-0.15, -0.1) is 6.58 Å². The zero-order valence-electron chi connectivity index (χ0n) is 20.9. The maximum absolute atomic E-state index is 13.7. The van der Waals surface area contributed by atoms with Crippen molar-refractivity contribution in [1.82, 2.24) is 0 Å². The number of carbonyl (C=O) groups is 4. The molecule has 4 fully saturated rings. The number of allylic oxidation sites excluding steroid dienone is 1. The number of fused-ring (bicyclic) bond motifs is 1. The van der Waals surface area contributed by atoms with Crippen LogP contribution >= 0.6 is 0 Å². The van der Waals surface area contributed by atoms with Gasteiger partial charge in [-0.05, 0) is 48.0 Å². The standard InChI is InChI=1S/C26H36O8/c1-8-25-11-13(27)9-14(28)18(25)19-15-10-16(29)26(19,17(12-25)33-20(30)23(2,3)4)22(32-15)34-21(31)24(5,6)7/h8,14-15,17-19,22,28H,1,9-12H2,2-7H3/t14-,15+,17+,18+,19+,22+,25-,26-/m1/s1. The Kier molecular flexibility index (Phi) is 5.69. The lowest BCUT2D eigenvalue weighted by atomic mass is 9.47. The molecule has 0 amide bonds. The van der Waals surface area contributed by atoms with Gasteiger partial charge in [-0.25, -0.2) is 0 Å². The van der Waals surface area contributed by atoms with Crippen LogP contribution in [0.3, 0.4) is 0 Å². The molecule has 3 aliphatic carbocycles. The minimum absolute atomic E-state index is 0.0212. The quantitative estimate of drug-likeness (QED) is 0.488. The van der Waals surface area contributed by atoms with E-state index in [0.717, 1.165) is 0 Å². The molecule has 188 valence electrons. The van der Waals surface area contributed by atoms with Gasteiger partial charge in [-0.3, -0.25) is 19.2 Å². The van der Waals surface area contributed by atoms with E-state index in [1.54, 1.807) is 47.6 Å². The number of ketones is 2. The largest absolute Gasteiger partial charge is 0.461 e. The molecule has 4 aliphatic rings. The highest BCUT2D eigenvalue weighted by atomic mass is 16.7. The lowest BCUT2D eigenvalue weighted by Crippen LogP contribution is -2.65. The lowest BCUT2D eigenvalue weighted by Gasteiger charge is -2.57. The van der Waals surface area contributed by atoms with E-state index in [9.17, 15) is 24.3 Å². The molecule has 1 heterocycles. The van der Waals surface area contributed by atoms with Crippen molar-refractivity contribution < 1.29 is 38.5 Å². The fraction of sp³-hybridized carbons (Fsp3) is 0.769. The summed E-state index contributed by atoms with van der Waals surface area (Å²) in [4.78, 5) is 52.1. The van der Waals surface area contributed by atoms with Gasteiger partial charge in [-0.2, -0.15) is 0 Å². The molecule has 1 saturated heterocycles. The minimum Gasteiger partial charge on any atom is -0.461 e. The average molecular weight is 477 g/mol. The molecule has 8 nitrogen and oxygen atoms in total. The molecule has 34 heavy (non-hydrogen) atoms. The van der Waals surface area contributed by atoms with Crippen LogP contribution in [0.1, 0.15) is 67.2 Å². The number of rotatable bonds is 3. The van der Waals surface area contributed by atoms with Crippen molar-refractivity contribution in [1.29, 1.82) is 0 Å². The Morgan fingerprint density at radius 1 is 1.03 bits per heavy atom. The van der Waals surface area contributed by atoms with Crippen LogP contribution in [-0.2, 0) is 33.4 Å². The van der Waals surface area contributed by atoms with Crippen molar-refractivity contribution in [2.24, 2.45) is 33.5 Å². The molecule has 2 bridgehead atoms. The van der Waals surface area contributed by atoms with Gasteiger partial charge in [0, 0.05) is 36.5 Å². The van der Waals surface area contributed by atoms with Crippen LogP contribution in [0.25, 0.3) is 0 Å². The molecule has 0 aromatic heterocycles. The third-order valence-corrected chi connectivity index (χ3v) is 8.13. The monoisotopic (exact) mass is 476 g/mol. The van der Waals surface area contributed by atoms with Crippen molar-refractivity contribution in [3.63, 3.8) is 0 Å². The van der Waals surface area contributed by atoms with E-state index in [1.165, 1.54) is 0 Å². The molecule has 0 aromatic rings. The number of hydrogen-bond acceptors (Lipinski definition) is 8. The highest BCUT2D eigenvalue weighted by Gasteiger charge is 2.79. The predicted octanol–water partition coefficient (Wildman–Crippen LogP) is 2.75. The van der Waals surface area contributed by atoms with Gasteiger partial charge < -0.3 is 19.3 Å². The normalized spacial score (nSPS) is 41.5. The summed E-state index contributed by atoms with van der Waals surface area (Å²) in [6, 6.07) is 0. The first-order valence-corrected chi connectivity index (χ1v) is 12.0. The van der Waals surface area contributed by atoms with Crippen molar-refractivity contribution in [2.75, 3.05) is 0 Å². The summed E-state index contributed by atoms with van der Waals surface area (Å²) in [5, 5.41) is 11.1. The molecular formula is C26H36O8. The van der Waals surface area contributed by atoms with Crippen molar-refractivity contribution in [2.45, 2.75) is 91.8 Å². The summed E-state index contributed by atoms with van der Waals surface area (Å²) in [5.74, 6) is -2.43. The van der Waals surface area contributed by atoms with E-state index < -0.39 is 70.0 Å². The van der Waals surface area contributed by atoms with E-state index in [-0.39, 0.29) is 37.2 Å². The van der Waals surface area contributed by atoms with Gasteiger partial charge in [0.05, 0.1) is 23.0 Å². The predicted molar refractivity (Wildman–Crippen MR) is 120 cm³/mol. The number of hydrogen-bond donors (Lipinski definition) is 1. The average Bonchev–Trinajstić information content (AvgIpc) is 3.15. The number of ether oxygens (including phenoxy) is 3. The smallest absolute Gasteiger partial charge is 0.313 e.